The van der Waals surface area contributed by atoms with Crippen LogP contribution in [0, 0.1) is 6.92 Å². The molecule has 1 N–H and O–H groups in total. The van der Waals surface area contributed by atoms with Crippen LogP contribution in [0.1, 0.15) is 61.9 Å². The van der Waals surface area contributed by atoms with Crippen molar-refractivity contribution < 1.29 is 37.3 Å². The molecule has 0 saturated carbocycles. The molecular weight excluding hydrogens is 536 g/mol. The van der Waals surface area contributed by atoms with Gasteiger partial charge < -0.3 is 24.1 Å². The molecule has 0 amide bonds. The van der Waals surface area contributed by atoms with Gasteiger partial charge in [-0.1, -0.05) is 39.8 Å². The summed E-state index contributed by atoms with van der Waals surface area (Å²) in [6.07, 6.45) is 2.99. The smallest absolute Gasteiger partial charge is 0.283 e. The SMILES string of the molecule is CC.CC.COc1cc(C(=O)c2nn(S(=O)(=O)c3ccc(O)cc3)c(C)c2/C=C\C(C)OC)cc(OC)c1OC. The van der Waals surface area contributed by atoms with Crippen LogP contribution >= 0.6 is 0 Å². The highest BCUT2D eigenvalue weighted by atomic mass is 32.2. The number of hydrogen-bond donors (Lipinski definition) is 1. The quantitative estimate of drug-likeness (QED) is 0.312. The number of carbonyl (C=O) groups is 1. The average Bonchev–Trinajstić information content (AvgIpc) is 3.33. The molecule has 3 aromatic rings. The first-order valence-electron chi connectivity index (χ1n) is 12.8. The number of phenols is 1. The highest BCUT2D eigenvalue weighted by Crippen LogP contribution is 2.39. The number of ether oxygens (including phenoxy) is 4. The number of carbonyl (C=O) groups excluding carboxylic acids is 1. The molecule has 0 radical (unpaired) electrons. The summed E-state index contributed by atoms with van der Waals surface area (Å²) in [6.45, 7) is 11.3. The summed E-state index contributed by atoms with van der Waals surface area (Å²) < 4.78 is 48.8. The molecule has 0 fully saturated rings. The number of ketones is 1. The van der Waals surface area contributed by atoms with Crippen molar-refractivity contribution in [2.45, 2.75) is 52.5 Å². The van der Waals surface area contributed by atoms with E-state index in [0.29, 0.717) is 11.3 Å². The van der Waals surface area contributed by atoms with Gasteiger partial charge in [-0.15, -0.1) is 0 Å². The first kappa shape index (κ1) is 34.2. The fourth-order valence-electron chi connectivity index (χ4n) is 3.47. The summed E-state index contributed by atoms with van der Waals surface area (Å²) in [5.41, 5.74) is 0.590. The Kier molecular flexibility index (Phi) is 13.4. The van der Waals surface area contributed by atoms with Gasteiger partial charge in [0.1, 0.15) is 11.4 Å². The normalized spacial score (nSPS) is 11.6. The molecule has 2 aromatic carbocycles. The number of aromatic nitrogens is 2. The van der Waals surface area contributed by atoms with Crippen LogP contribution in [0.25, 0.3) is 6.08 Å². The predicted molar refractivity (Wildman–Crippen MR) is 155 cm³/mol. The number of phenolic OH excluding ortho intramolecular Hbond substituents is 1. The Hall–Kier alpha value is -3.83. The second-order valence-corrected chi connectivity index (χ2v) is 9.50. The van der Waals surface area contributed by atoms with Crippen LogP contribution in [-0.2, 0) is 14.8 Å². The zero-order valence-electron chi connectivity index (χ0n) is 24.8. The van der Waals surface area contributed by atoms with Gasteiger partial charge in [0, 0.05) is 18.2 Å². The Labute approximate surface area is 237 Å². The van der Waals surface area contributed by atoms with Gasteiger partial charge in [0.15, 0.2) is 11.5 Å². The number of nitrogens with zero attached hydrogens (tertiary/aromatic N) is 2. The first-order chi connectivity index (χ1) is 19.1. The van der Waals surface area contributed by atoms with E-state index < -0.39 is 15.8 Å². The lowest BCUT2D eigenvalue weighted by atomic mass is 10.0. The fraction of sp³-hybridized carbons (Fsp3) is 0.379. The van der Waals surface area contributed by atoms with Crippen LogP contribution in [0.15, 0.2) is 47.4 Å². The molecule has 0 aliphatic heterocycles. The molecule has 0 saturated heterocycles. The van der Waals surface area contributed by atoms with E-state index in [1.54, 1.807) is 26.0 Å². The maximum Gasteiger partial charge on any atom is 0.283 e. The summed E-state index contributed by atoms with van der Waals surface area (Å²) in [6, 6.07) is 7.98. The minimum absolute atomic E-state index is 0.0819. The third-order valence-corrected chi connectivity index (χ3v) is 7.21. The summed E-state index contributed by atoms with van der Waals surface area (Å²) in [7, 11) is 1.65. The Morgan fingerprint density at radius 1 is 0.950 bits per heavy atom. The number of hydrogen-bond acceptors (Lipinski definition) is 9. The number of methoxy groups -OCH3 is 4. The summed E-state index contributed by atoms with van der Waals surface area (Å²) >= 11 is 0. The lowest BCUT2D eigenvalue weighted by Gasteiger charge is -2.13. The van der Waals surface area contributed by atoms with Crippen molar-refractivity contribution >= 4 is 21.9 Å². The molecule has 1 unspecified atom stereocenters. The molecule has 3 rings (SSSR count). The van der Waals surface area contributed by atoms with Crippen molar-refractivity contribution in [1.82, 2.24) is 9.19 Å². The monoisotopic (exact) mass is 576 g/mol. The standard InChI is InChI=1S/C25H28N2O8S.2C2H6/c1-15(32-3)7-12-20-16(2)27(36(30,31)19-10-8-18(28)9-11-19)26-23(20)24(29)17-13-21(33-4)25(35-6)22(14-17)34-5;2*1-2/h7-15,28H,1-6H3;2*1-2H3/b12-7-;;. The van der Waals surface area contributed by atoms with Gasteiger partial charge in [0.05, 0.1) is 38.0 Å². The minimum atomic E-state index is -4.18. The topological polar surface area (TPSA) is 126 Å². The van der Waals surface area contributed by atoms with Gasteiger partial charge in [-0.25, -0.2) is 0 Å². The van der Waals surface area contributed by atoms with E-state index in [4.69, 9.17) is 18.9 Å². The van der Waals surface area contributed by atoms with Crippen molar-refractivity contribution in [3.8, 4) is 23.0 Å². The van der Waals surface area contributed by atoms with E-state index in [2.05, 4.69) is 5.10 Å². The average molecular weight is 577 g/mol. The molecule has 1 heterocycles. The molecule has 10 nitrogen and oxygen atoms in total. The number of benzene rings is 2. The van der Waals surface area contributed by atoms with Gasteiger partial charge in [-0.2, -0.15) is 17.6 Å². The second-order valence-electron chi connectivity index (χ2n) is 7.73. The zero-order chi connectivity index (χ0) is 30.6. The number of aromatic hydroxyl groups is 1. The first-order valence-corrected chi connectivity index (χ1v) is 14.2. The summed E-state index contributed by atoms with van der Waals surface area (Å²) in [5, 5.41) is 13.8. The van der Waals surface area contributed by atoms with E-state index in [1.165, 1.54) is 64.8 Å². The molecule has 11 heteroatoms. The van der Waals surface area contributed by atoms with Crippen LogP contribution in [0.2, 0.25) is 0 Å². The van der Waals surface area contributed by atoms with Crippen molar-refractivity contribution in [3.63, 3.8) is 0 Å². The van der Waals surface area contributed by atoms with Gasteiger partial charge in [0.2, 0.25) is 11.5 Å². The van der Waals surface area contributed by atoms with E-state index in [0.717, 1.165) is 4.09 Å². The largest absolute Gasteiger partial charge is 0.508 e. The van der Waals surface area contributed by atoms with Crippen LogP contribution in [0.4, 0.5) is 0 Å². The number of rotatable bonds is 10. The predicted octanol–water partition coefficient (Wildman–Crippen LogP) is 5.49. The highest BCUT2D eigenvalue weighted by molar-refractivity contribution is 7.89. The van der Waals surface area contributed by atoms with E-state index in [9.17, 15) is 18.3 Å². The van der Waals surface area contributed by atoms with E-state index in [1.807, 2.05) is 27.7 Å². The Morgan fingerprint density at radius 3 is 1.93 bits per heavy atom. The van der Waals surface area contributed by atoms with Crippen LogP contribution < -0.4 is 14.2 Å². The molecule has 1 aromatic heterocycles. The van der Waals surface area contributed by atoms with Crippen molar-refractivity contribution in [1.29, 1.82) is 0 Å². The molecular formula is C29H40N2O8S. The fourth-order valence-corrected chi connectivity index (χ4v) is 4.80. The highest BCUT2D eigenvalue weighted by Gasteiger charge is 2.29. The maximum atomic E-state index is 13.7. The molecule has 1 atom stereocenters. The van der Waals surface area contributed by atoms with Gasteiger partial charge in [-0.05, 0) is 50.2 Å². The minimum Gasteiger partial charge on any atom is -0.508 e. The van der Waals surface area contributed by atoms with Gasteiger partial charge in [-0.3, -0.25) is 4.79 Å². The lowest BCUT2D eigenvalue weighted by Crippen LogP contribution is -2.16. The molecule has 40 heavy (non-hydrogen) atoms. The van der Waals surface area contributed by atoms with E-state index >= 15 is 0 Å². The molecule has 220 valence electrons. The maximum absolute atomic E-state index is 13.7. The summed E-state index contributed by atoms with van der Waals surface area (Å²) in [5.74, 6) is 0.196. The molecule has 0 spiro atoms. The van der Waals surface area contributed by atoms with Crippen LogP contribution in [0.3, 0.4) is 0 Å². The second kappa shape index (κ2) is 15.7. The molecule has 0 aliphatic rings. The van der Waals surface area contributed by atoms with Crippen molar-refractivity contribution in [2.24, 2.45) is 0 Å². The van der Waals surface area contributed by atoms with Gasteiger partial charge in [0.25, 0.3) is 10.0 Å². The van der Waals surface area contributed by atoms with E-state index in [-0.39, 0.29) is 45.2 Å². The zero-order valence-corrected chi connectivity index (χ0v) is 25.6. The van der Waals surface area contributed by atoms with Crippen molar-refractivity contribution in [3.05, 3.63) is 65.0 Å². The third-order valence-electron chi connectivity index (χ3n) is 5.53. The van der Waals surface area contributed by atoms with Crippen LogP contribution in [0.5, 0.6) is 23.0 Å². The van der Waals surface area contributed by atoms with Gasteiger partial charge >= 0.3 is 0 Å². The lowest BCUT2D eigenvalue weighted by molar-refractivity contribution is 0.103. The molecule has 0 bridgehead atoms. The summed E-state index contributed by atoms with van der Waals surface area (Å²) in [4.78, 5) is 13.6. The van der Waals surface area contributed by atoms with Crippen molar-refractivity contribution in [2.75, 3.05) is 28.4 Å². The Morgan fingerprint density at radius 2 is 1.48 bits per heavy atom. The Balaban J connectivity index is 0.00000191. The third kappa shape index (κ3) is 7.42. The Bertz CT molecular complexity index is 1370. The van der Waals surface area contributed by atoms with Crippen LogP contribution in [-0.4, -0.2) is 63.0 Å². The molecule has 0 aliphatic carbocycles.